The molecule has 1 heterocycles. The number of likely N-dealkylation sites (tertiary alicyclic amines) is 1. The van der Waals surface area contributed by atoms with E-state index in [1.54, 1.807) is 31.1 Å². The molecular weight excluding hydrogens is 397 g/mol. The third-order valence-corrected chi connectivity index (χ3v) is 5.70. The number of methoxy groups -OCH3 is 1. The number of benzene rings is 2. The molecule has 1 fully saturated rings. The topological polar surface area (TPSA) is 70.7 Å². The van der Waals surface area contributed by atoms with E-state index >= 15 is 0 Å². The second kappa shape index (κ2) is 10.8. The van der Waals surface area contributed by atoms with Crippen molar-refractivity contribution in [3.8, 4) is 5.75 Å². The number of carbonyl (C=O) groups excluding carboxylic acids is 2. The highest BCUT2D eigenvalue weighted by Gasteiger charge is 2.23. The first-order valence-electron chi connectivity index (χ1n) is 10.7. The molecule has 0 saturated carbocycles. The van der Waals surface area contributed by atoms with E-state index in [1.807, 2.05) is 24.3 Å². The lowest BCUT2D eigenvalue weighted by Gasteiger charge is -2.32. The molecule has 3 rings (SSSR count). The first-order chi connectivity index (χ1) is 14.9. The third-order valence-electron chi connectivity index (χ3n) is 5.70. The van der Waals surface area contributed by atoms with Gasteiger partial charge in [-0.1, -0.05) is 18.2 Å². The minimum absolute atomic E-state index is 0.00426. The number of nitrogens with one attached hydrogen (secondary N) is 2. The molecule has 0 spiro atoms. The van der Waals surface area contributed by atoms with Crippen LogP contribution in [0.4, 0.5) is 14.9 Å². The van der Waals surface area contributed by atoms with Crippen LogP contribution in [0.3, 0.4) is 0 Å². The van der Waals surface area contributed by atoms with Crippen molar-refractivity contribution in [2.75, 3.05) is 32.1 Å². The quantitative estimate of drug-likeness (QED) is 0.698. The fourth-order valence-corrected chi connectivity index (χ4v) is 3.74. The average molecular weight is 428 g/mol. The van der Waals surface area contributed by atoms with E-state index in [0.717, 1.165) is 30.6 Å². The maximum atomic E-state index is 13.7. The van der Waals surface area contributed by atoms with Gasteiger partial charge in [0.15, 0.2) is 0 Å². The predicted molar refractivity (Wildman–Crippen MR) is 119 cm³/mol. The number of aryl methyl sites for hydroxylation is 1. The smallest absolute Gasteiger partial charge is 0.321 e. The number of halogens is 1. The summed E-state index contributed by atoms with van der Waals surface area (Å²) in [5.41, 5.74) is 1.94. The Morgan fingerprint density at radius 2 is 1.94 bits per heavy atom. The maximum absolute atomic E-state index is 13.7. The summed E-state index contributed by atoms with van der Waals surface area (Å²) in [6, 6.07) is 12.0. The minimum Gasteiger partial charge on any atom is -0.497 e. The van der Waals surface area contributed by atoms with Crippen LogP contribution in [0, 0.1) is 18.7 Å². The molecule has 1 saturated heterocycles. The number of nitrogens with zero attached hydrogens (tertiary/aromatic N) is 1. The Balaban J connectivity index is 1.35. The molecule has 0 bridgehead atoms. The van der Waals surface area contributed by atoms with Crippen LogP contribution in [0.1, 0.15) is 30.4 Å². The summed E-state index contributed by atoms with van der Waals surface area (Å²) in [7, 11) is 1.61. The van der Waals surface area contributed by atoms with E-state index in [0.29, 0.717) is 43.2 Å². The summed E-state index contributed by atoms with van der Waals surface area (Å²) in [5, 5.41) is 5.75. The molecule has 0 atom stereocenters. The molecule has 31 heavy (non-hydrogen) atoms. The Morgan fingerprint density at radius 3 is 2.65 bits per heavy atom. The van der Waals surface area contributed by atoms with Crippen LogP contribution >= 0.6 is 0 Å². The van der Waals surface area contributed by atoms with E-state index in [-0.39, 0.29) is 17.8 Å². The molecule has 7 heteroatoms. The first-order valence-corrected chi connectivity index (χ1v) is 10.7. The van der Waals surface area contributed by atoms with Crippen LogP contribution in [0.2, 0.25) is 0 Å². The average Bonchev–Trinajstić information content (AvgIpc) is 2.77. The SMILES string of the molecule is COc1cccc(CC(=O)NCCC2CCN(C(=O)Nc3ccc(C)c(F)c3)CC2)c1. The highest BCUT2D eigenvalue weighted by molar-refractivity contribution is 5.89. The van der Waals surface area contributed by atoms with E-state index < -0.39 is 0 Å². The largest absolute Gasteiger partial charge is 0.497 e. The van der Waals surface area contributed by atoms with Crippen molar-refractivity contribution in [1.82, 2.24) is 10.2 Å². The molecule has 1 aliphatic rings. The lowest BCUT2D eigenvalue weighted by molar-refractivity contribution is -0.120. The van der Waals surface area contributed by atoms with Gasteiger partial charge in [-0.25, -0.2) is 9.18 Å². The van der Waals surface area contributed by atoms with Crippen molar-refractivity contribution in [1.29, 1.82) is 0 Å². The molecule has 2 N–H and O–H groups in total. The summed E-state index contributed by atoms with van der Waals surface area (Å²) in [6.07, 6.45) is 3.00. The Labute approximate surface area is 182 Å². The van der Waals surface area contributed by atoms with E-state index in [4.69, 9.17) is 4.74 Å². The fourth-order valence-electron chi connectivity index (χ4n) is 3.74. The highest BCUT2D eigenvalue weighted by atomic mass is 19.1. The van der Waals surface area contributed by atoms with E-state index in [2.05, 4.69) is 10.6 Å². The van der Waals surface area contributed by atoms with Gasteiger partial charge in [0, 0.05) is 25.3 Å². The predicted octanol–water partition coefficient (Wildman–Crippen LogP) is 4.14. The number of anilines is 1. The lowest BCUT2D eigenvalue weighted by Crippen LogP contribution is -2.41. The Morgan fingerprint density at radius 1 is 1.16 bits per heavy atom. The number of urea groups is 1. The number of piperidine rings is 1. The van der Waals surface area contributed by atoms with Gasteiger partial charge in [0.05, 0.1) is 13.5 Å². The van der Waals surface area contributed by atoms with Gasteiger partial charge in [0.25, 0.3) is 0 Å². The molecule has 0 aromatic heterocycles. The highest BCUT2D eigenvalue weighted by Crippen LogP contribution is 2.21. The molecule has 166 valence electrons. The summed E-state index contributed by atoms with van der Waals surface area (Å²) in [4.78, 5) is 26.4. The normalized spacial score (nSPS) is 14.2. The summed E-state index contributed by atoms with van der Waals surface area (Å²) in [6.45, 7) is 3.63. The number of rotatable bonds is 7. The van der Waals surface area contributed by atoms with Gasteiger partial charge in [-0.15, -0.1) is 0 Å². The number of hydrogen-bond acceptors (Lipinski definition) is 3. The van der Waals surface area contributed by atoms with Crippen LogP contribution < -0.4 is 15.4 Å². The van der Waals surface area contributed by atoms with Crippen LogP contribution in [0.15, 0.2) is 42.5 Å². The van der Waals surface area contributed by atoms with Crippen molar-refractivity contribution in [2.45, 2.75) is 32.6 Å². The van der Waals surface area contributed by atoms with Crippen LogP contribution in [-0.4, -0.2) is 43.6 Å². The van der Waals surface area contributed by atoms with Crippen molar-refractivity contribution < 1.29 is 18.7 Å². The van der Waals surface area contributed by atoms with Gasteiger partial charge in [-0.2, -0.15) is 0 Å². The molecule has 0 radical (unpaired) electrons. The molecule has 3 amide bonds. The minimum atomic E-state index is -0.329. The monoisotopic (exact) mass is 427 g/mol. The molecule has 2 aromatic rings. The Bertz CT molecular complexity index is 911. The standard InChI is InChI=1S/C24H30FN3O3/c1-17-6-7-20(16-22(17)25)27-24(30)28-12-9-18(10-13-28)8-11-26-23(29)15-19-4-3-5-21(14-19)31-2/h3-7,14,16,18H,8-13,15H2,1-2H3,(H,26,29)(H,27,30). The van der Waals surface area contributed by atoms with Crippen molar-refractivity contribution >= 4 is 17.6 Å². The third kappa shape index (κ3) is 6.70. The second-order valence-corrected chi connectivity index (χ2v) is 7.99. The van der Waals surface area contributed by atoms with Gasteiger partial charge in [-0.3, -0.25) is 4.79 Å². The van der Waals surface area contributed by atoms with Crippen molar-refractivity contribution in [3.63, 3.8) is 0 Å². The summed E-state index contributed by atoms with van der Waals surface area (Å²) < 4.78 is 18.8. The number of ether oxygens (including phenoxy) is 1. The lowest BCUT2D eigenvalue weighted by atomic mass is 9.93. The van der Waals surface area contributed by atoms with Gasteiger partial charge >= 0.3 is 6.03 Å². The molecule has 6 nitrogen and oxygen atoms in total. The van der Waals surface area contributed by atoms with E-state index in [9.17, 15) is 14.0 Å². The molecule has 0 aliphatic carbocycles. The zero-order valence-corrected chi connectivity index (χ0v) is 18.1. The van der Waals surface area contributed by atoms with Gasteiger partial charge in [0.2, 0.25) is 5.91 Å². The zero-order valence-electron chi connectivity index (χ0n) is 18.1. The zero-order chi connectivity index (χ0) is 22.2. The number of amides is 3. The fraction of sp³-hybridized carbons (Fsp3) is 0.417. The van der Waals surface area contributed by atoms with Crippen molar-refractivity contribution in [2.24, 2.45) is 5.92 Å². The molecule has 1 aliphatic heterocycles. The Hall–Kier alpha value is -3.09. The summed E-state index contributed by atoms with van der Waals surface area (Å²) >= 11 is 0. The van der Waals surface area contributed by atoms with Gasteiger partial charge in [-0.05, 0) is 67.5 Å². The first kappa shape index (κ1) is 22.6. The summed E-state index contributed by atoms with van der Waals surface area (Å²) in [5.74, 6) is 0.881. The van der Waals surface area contributed by atoms with Crippen LogP contribution in [0.25, 0.3) is 0 Å². The second-order valence-electron chi connectivity index (χ2n) is 7.99. The van der Waals surface area contributed by atoms with Gasteiger partial charge < -0.3 is 20.3 Å². The molecule has 2 aromatic carbocycles. The van der Waals surface area contributed by atoms with Crippen LogP contribution in [-0.2, 0) is 11.2 Å². The molecule has 0 unspecified atom stereocenters. The van der Waals surface area contributed by atoms with Crippen molar-refractivity contribution in [3.05, 3.63) is 59.4 Å². The number of hydrogen-bond donors (Lipinski definition) is 2. The van der Waals surface area contributed by atoms with E-state index in [1.165, 1.54) is 6.07 Å². The Kier molecular flexibility index (Phi) is 7.87. The molecular formula is C24H30FN3O3. The van der Waals surface area contributed by atoms with Gasteiger partial charge in [0.1, 0.15) is 11.6 Å². The number of carbonyl (C=O) groups is 2. The maximum Gasteiger partial charge on any atom is 0.321 e. The van der Waals surface area contributed by atoms with Crippen LogP contribution in [0.5, 0.6) is 5.75 Å².